The second kappa shape index (κ2) is 4.63. The summed E-state index contributed by atoms with van der Waals surface area (Å²) in [6.07, 6.45) is 6.05. The van der Waals surface area contributed by atoms with Crippen molar-refractivity contribution in [3.05, 3.63) is 39.6 Å². The maximum Gasteiger partial charge on any atom is 0.0596 e. The Labute approximate surface area is 102 Å². The van der Waals surface area contributed by atoms with E-state index in [1.165, 1.54) is 5.57 Å². The number of nitrogens with two attached hydrogens (primary N) is 1. The highest BCUT2D eigenvalue weighted by molar-refractivity contribution is 9.11. The van der Waals surface area contributed by atoms with E-state index in [9.17, 15) is 0 Å². The summed E-state index contributed by atoms with van der Waals surface area (Å²) >= 11 is 6.85. The van der Waals surface area contributed by atoms with Gasteiger partial charge in [-0.2, -0.15) is 0 Å². The maximum atomic E-state index is 6.04. The van der Waals surface area contributed by atoms with Crippen molar-refractivity contribution in [3.8, 4) is 0 Å². The van der Waals surface area contributed by atoms with Gasteiger partial charge in [0.2, 0.25) is 0 Å². The minimum Gasteiger partial charge on any atom is -0.322 e. The Hall–Kier alpha value is -0.0800. The van der Waals surface area contributed by atoms with Crippen molar-refractivity contribution >= 4 is 31.9 Å². The van der Waals surface area contributed by atoms with Gasteiger partial charge in [0.15, 0.2) is 0 Å². The highest BCUT2D eigenvalue weighted by atomic mass is 79.9. The molecule has 0 bridgehead atoms. The van der Waals surface area contributed by atoms with Crippen molar-refractivity contribution in [2.24, 2.45) is 5.73 Å². The lowest BCUT2D eigenvalue weighted by atomic mass is 9.94. The largest absolute Gasteiger partial charge is 0.322 e. The molecule has 0 aromatic carbocycles. The lowest BCUT2D eigenvalue weighted by Crippen LogP contribution is -2.33. The first kappa shape index (κ1) is 12.0. The van der Waals surface area contributed by atoms with Crippen molar-refractivity contribution in [1.82, 2.24) is 0 Å². The summed E-state index contributed by atoms with van der Waals surface area (Å²) < 4.78 is 0.947. The van der Waals surface area contributed by atoms with Gasteiger partial charge in [0.05, 0.1) is 4.48 Å². The van der Waals surface area contributed by atoms with E-state index >= 15 is 0 Å². The summed E-state index contributed by atoms with van der Waals surface area (Å²) in [4.78, 5) is 0. The van der Waals surface area contributed by atoms with Gasteiger partial charge in [-0.1, -0.05) is 22.0 Å². The SMILES string of the molecule is CC(C)(N)C1=CC(CBr)=CC(Br)=C=C1. The van der Waals surface area contributed by atoms with E-state index in [1.54, 1.807) is 0 Å². The van der Waals surface area contributed by atoms with Gasteiger partial charge < -0.3 is 5.73 Å². The van der Waals surface area contributed by atoms with Crippen LogP contribution >= 0.6 is 31.9 Å². The molecule has 0 spiro atoms. The quantitative estimate of drug-likeness (QED) is 0.612. The third-order valence-electron chi connectivity index (χ3n) is 1.92. The third kappa shape index (κ3) is 3.25. The summed E-state index contributed by atoms with van der Waals surface area (Å²) in [6, 6.07) is 0. The smallest absolute Gasteiger partial charge is 0.0596 e. The Morgan fingerprint density at radius 2 is 2.07 bits per heavy atom. The molecule has 0 unspecified atom stereocenters. The fourth-order valence-corrected chi connectivity index (χ4v) is 1.82. The van der Waals surface area contributed by atoms with Crippen molar-refractivity contribution in [2.75, 3.05) is 5.33 Å². The van der Waals surface area contributed by atoms with E-state index in [2.05, 4.69) is 43.7 Å². The molecule has 1 rings (SSSR count). The number of hydrogen-bond donors (Lipinski definition) is 1. The van der Waals surface area contributed by atoms with Gasteiger partial charge in [-0.3, -0.25) is 0 Å². The fourth-order valence-electron chi connectivity index (χ4n) is 1.08. The van der Waals surface area contributed by atoms with Crippen LogP contribution in [0.2, 0.25) is 0 Å². The Morgan fingerprint density at radius 1 is 1.43 bits per heavy atom. The Balaban J connectivity index is 3.16. The van der Waals surface area contributed by atoms with E-state index in [4.69, 9.17) is 5.73 Å². The average molecular weight is 319 g/mol. The molecule has 0 aromatic heterocycles. The second-order valence-corrected chi connectivity index (χ2v) is 5.23. The van der Waals surface area contributed by atoms with E-state index in [1.807, 2.05) is 26.0 Å². The fraction of sp³-hybridized carbons (Fsp3) is 0.364. The Morgan fingerprint density at radius 3 is 2.57 bits per heavy atom. The lowest BCUT2D eigenvalue weighted by Gasteiger charge is -2.19. The van der Waals surface area contributed by atoms with Crippen LogP contribution in [0.5, 0.6) is 0 Å². The second-order valence-electron chi connectivity index (χ2n) is 3.81. The van der Waals surface area contributed by atoms with Gasteiger partial charge in [0.25, 0.3) is 0 Å². The molecule has 14 heavy (non-hydrogen) atoms. The number of halogens is 2. The summed E-state index contributed by atoms with van der Waals surface area (Å²) in [5.41, 5.74) is 11.1. The zero-order chi connectivity index (χ0) is 10.8. The number of rotatable bonds is 2. The van der Waals surface area contributed by atoms with Crippen LogP contribution in [0.25, 0.3) is 0 Å². The molecule has 0 saturated heterocycles. The van der Waals surface area contributed by atoms with Crippen LogP contribution in [-0.2, 0) is 0 Å². The van der Waals surface area contributed by atoms with Crippen LogP contribution in [0, 0.1) is 0 Å². The van der Waals surface area contributed by atoms with Crippen molar-refractivity contribution in [2.45, 2.75) is 19.4 Å². The van der Waals surface area contributed by atoms with Crippen LogP contribution in [0.15, 0.2) is 39.6 Å². The van der Waals surface area contributed by atoms with Crippen LogP contribution < -0.4 is 5.73 Å². The predicted octanol–water partition coefficient (Wildman–Crippen LogP) is 3.42. The molecule has 76 valence electrons. The molecular formula is C11H13Br2N. The van der Waals surface area contributed by atoms with Gasteiger partial charge in [0, 0.05) is 10.9 Å². The normalized spacial score (nSPS) is 17.1. The van der Waals surface area contributed by atoms with E-state index in [0.29, 0.717) is 0 Å². The zero-order valence-electron chi connectivity index (χ0n) is 8.27. The number of allylic oxidation sites excluding steroid dienone is 3. The van der Waals surface area contributed by atoms with Gasteiger partial charge in [-0.25, -0.2) is 0 Å². The molecular weight excluding hydrogens is 306 g/mol. The van der Waals surface area contributed by atoms with E-state index < -0.39 is 0 Å². The molecule has 0 saturated carbocycles. The van der Waals surface area contributed by atoms with Crippen molar-refractivity contribution < 1.29 is 0 Å². The lowest BCUT2D eigenvalue weighted by molar-refractivity contribution is 0.626. The molecule has 0 aliphatic heterocycles. The van der Waals surface area contributed by atoms with Gasteiger partial charge in [-0.15, -0.1) is 5.73 Å². The first-order valence-electron chi connectivity index (χ1n) is 4.33. The summed E-state index contributed by atoms with van der Waals surface area (Å²) in [5, 5.41) is 0.817. The van der Waals surface area contributed by atoms with Crippen molar-refractivity contribution in [3.63, 3.8) is 0 Å². The maximum absolute atomic E-state index is 6.04. The van der Waals surface area contributed by atoms with Gasteiger partial charge in [-0.05, 0) is 53.1 Å². The van der Waals surface area contributed by atoms with E-state index in [-0.39, 0.29) is 5.54 Å². The molecule has 1 aliphatic carbocycles. The van der Waals surface area contributed by atoms with Crippen LogP contribution in [0.1, 0.15) is 13.8 Å². The first-order valence-corrected chi connectivity index (χ1v) is 6.24. The monoisotopic (exact) mass is 317 g/mol. The molecule has 3 heteroatoms. The van der Waals surface area contributed by atoms with Gasteiger partial charge in [0.1, 0.15) is 0 Å². The minimum atomic E-state index is -0.328. The molecule has 0 heterocycles. The molecule has 0 radical (unpaired) electrons. The molecule has 0 aromatic rings. The molecule has 1 nitrogen and oxygen atoms in total. The Kier molecular flexibility index (Phi) is 3.96. The zero-order valence-corrected chi connectivity index (χ0v) is 11.4. The Bertz CT molecular complexity index is 350. The average Bonchev–Trinajstić information content (AvgIpc) is 2.25. The molecule has 1 aliphatic rings. The summed E-state index contributed by atoms with van der Waals surface area (Å²) in [7, 11) is 0. The number of alkyl halides is 1. The highest BCUT2D eigenvalue weighted by Gasteiger charge is 2.16. The minimum absolute atomic E-state index is 0.328. The van der Waals surface area contributed by atoms with Gasteiger partial charge >= 0.3 is 0 Å². The topological polar surface area (TPSA) is 26.0 Å². The predicted molar refractivity (Wildman–Crippen MR) is 68.7 cm³/mol. The summed E-state index contributed by atoms with van der Waals surface area (Å²) in [5.74, 6) is 0. The third-order valence-corrected chi connectivity index (χ3v) is 3.02. The van der Waals surface area contributed by atoms with Crippen LogP contribution in [0.4, 0.5) is 0 Å². The highest BCUT2D eigenvalue weighted by Crippen LogP contribution is 2.22. The van der Waals surface area contributed by atoms with E-state index in [0.717, 1.165) is 15.4 Å². The molecule has 0 atom stereocenters. The summed E-state index contributed by atoms with van der Waals surface area (Å²) in [6.45, 7) is 3.98. The molecule has 2 N–H and O–H groups in total. The standard InChI is InChI=1S/C11H13Br2N/c1-11(2,14)9-3-4-10(13)6-8(5-9)7-12/h3,5-6H,7,14H2,1-2H3. The van der Waals surface area contributed by atoms with Crippen LogP contribution in [-0.4, -0.2) is 10.9 Å². The van der Waals surface area contributed by atoms with Crippen molar-refractivity contribution in [1.29, 1.82) is 0 Å². The molecule has 0 amide bonds. The number of hydrogen-bond acceptors (Lipinski definition) is 1. The molecule has 0 fully saturated rings. The first-order chi connectivity index (χ1) is 6.43. The van der Waals surface area contributed by atoms with Crippen LogP contribution in [0.3, 0.4) is 0 Å².